The minimum atomic E-state index is -3.57. The molecule has 3 aromatic rings. The van der Waals surface area contributed by atoms with Gasteiger partial charge in [0, 0.05) is 17.5 Å². The Morgan fingerprint density at radius 2 is 1.84 bits per heavy atom. The van der Waals surface area contributed by atoms with Crippen LogP contribution in [0, 0.1) is 12.7 Å². The standard InChI is InChI=1S/C18H17FN2O2S2/c1-13-4-2-3-5-17(13)25(22,23)21-12-18-20-11-16(24-18)10-14-6-8-15(19)9-7-14/h2-9,11,21H,10,12H2,1H3. The number of thiazole rings is 1. The van der Waals surface area contributed by atoms with E-state index in [9.17, 15) is 12.8 Å². The smallest absolute Gasteiger partial charge is 0.241 e. The molecule has 0 aliphatic heterocycles. The summed E-state index contributed by atoms with van der Waals surface area (Å²) in [5, 5.41) is 0.689. The van der Waals surface area contributed by atoms with Crippen molar-refractivity contribution in [2.45, 2.75) is 24.8 Å². The predicted octanol–water partition coefficient (Wildman–Crippen LogP) is 3.66. The van der Waals surface area contributed by atoms with E-state index in [-0.39, 0.29) is 17.3 Å². The van der Waals surface area contributed by atoms with Gasteiger partial charge < -0.3 is 0 Å². The molecule has 0 fully saturated rings. The Balaban J connectivity index is 1.65. The molecule has 0 spiro atoms. The van der Waals surface area contributed by atoms with Crippen molar-refractivity contribution in [2.75, 3.05) is 0 Å². The number of rotatable bonds is 6. The Kier molecular flexibility index (Phi) is 5.27. The zero-order valence-corrected chi connectivity index (χ0v) is 15.2. The molecule has 0 unspecified atom stereocenters. The zero-order valence-electron chi connectivity index (χ0n) is 13.6. The maximum absolute atomic E-state index is 12.9. The maximum Gasteiger partial charge on any atom is 0.241 e. The molecule has 0 bridgehead atoms. The molecule has 0 aliphatic carbocycles. The van der Waals surface area contributed by atoms with Crippen molar-refractivity contribution in [3.8, 4) is 0 Å². The van der Waals surface area contributed by atoms with Gasteiger partial charge in [0.2, 0.25) is 10.0 Å². The van der Waals surface area contributed by atoms with Crippen LogP contribution in [0.15, 0.2) is 59.6 Å². The Morgan fingerprint density at radius 1 is 1.12 bits per heavy atom. The summed E-state index contributed by atoms with van der Waals surface area (Å²) in [6.45, 7) is 1.91. The third kappa shape index (κ3) is 4.50. The first-order valence-corrected chi connectivity index (χ1v) is 9.97. The summed E-state index contributed by atoms with van der Waals surface area (Å²) in [5.41, 5.74) is 1.68. The summed E-state index contributed by atoms with van der Waals surface area (Å²) >= 11 is 1.44. The fourth-order valence-electron chi connectivity index (χ4n) is 2.41. The Bertz CT molecular complexity index is 967. The van der Waals surface area contributed by atoms with Crippen LogP contribution in [0.5, 0.6) is 0 Å². The van der Waals surface area contributed by atoms with Gasteiger partial charge >= 0.3 is 0 Å². The van der Waals surface area contributed by atoms with Crippen molar-refractivity contribution in [3.05, 3.63) is 81.6 Å². The molecule has 7 heteroatoms. The number of aryl methyl sites for hydroxylation is 1. The van der Waals surface area contributed by atoms with E-state index in [4.69, 9.17) is 0 Å². The number of halogens is 1. The molecule has 4 nitrogen and oxygen atoms in total. The maximum atomic E-state index is 12.9. The van der Waals surface area contributed by atoms with E-state index in [1.807, 2.05) is 0 Å². The van der Waals surface area contributed by atoms with Gasteiger partial charge in [0.25, 0.3) is 0 Å². The monoisotopic (exact) mass is 376 g/mol. The first kappa shape index (κ1) is 17.7. The minimum absolute atomic E-state index is 0.144. The molecule has 3 rings (SSSR count). The SMILES string of the molecule is Cc1ccccc1S(=O)(=O)NCc1ncc(Cc2ccc(F)cc2)s1. The van der Waals surface area contributed by atoms with Crippen molar-refractivity contribution >= 4 is 21.4 Å². The summed E-state index contributed by atoms with van der Waals surface area (Å²) in [6, 6.07) is 13.2. The first-order chi connectivity index (χ1) is 11.9. The normalized spacial score (nSPS) is 11.6. The number of aromatic nitrogens is 1. The molecule has 0 atom stereocenters. The van der Waals surface area contributed by atoms with E-state index in [1.54, 1.807) is 49.5 Å². The van der Waals surface area contributed by atoms with Crippen LogP contribution >= 0.6 is 11.3 Å². The Hall–Kier alpha value is -2.09. The van der Waals surface area contributed by atoms with Crippen molar-refractivity contribution in [1.29, 1.82) is 0 Å². The summed E-state index contributed by atoms with van der Waals surface area (Å²) in [4.78, 5) is 5.54. The van der Waals surface area contributed by atoms with Crippen molar-refractivity contribution in [3.63, 3.8) is 0 Å². The molecule has 130 valence electrons. The van der Waals surface area contributed by atoms with E-state index in [2.05, 4.69) is 9.71 Å². The average molecular weight is 376 g/mol. The highest BCUT2D eigenvalue weighted by molar-refractivity contribution is 7.89. The number of nitrogens with one attached hydrogen (secondary N) is 1. The fraction of sp³-hybridized carbons (Fsp3) is 0.167. The van der Waals surface area contributed by atoms with E-state index in [1.165, 1.54) is 23.5 Å². The number of hydrogen-bond donors (Lipinski definition) is 1. The lowest BCUT2D eigenvalue weighted by molar-refractivity contribution is 0.580. The molecule has 0 amide bonds. The van der Waals surface area contributed by atoms with Gasteiger partial charge in [-0.05, 0) is 36.2 Å². The molecule has 0 saturated heterocycles. The predicted molar refractivity (Wildman–Crippen MR) is 96.5 cm³/mol. The molecule has 0 aliphatic rings. The van der Waals surface area contributed by atoms with Gasteiger partial charge in [-0.15, -0.1) is 11.3 Å². The summed E-state index contributed by atoms with van der Waals surface area (Å²) in [6.07, 6.45) is 2.37. The van der Waals surface area contributed by atoms with Crippen molar-refractivity contribution in [2.24, 2.45) is 0 Å². The van der Waals surface area contributed by atoms with Crippen molar-refractivity contribution < 1.29 is 12.8 Å². The van der Waals surface area contributed by atoms with Crippen LogP contribution in [0.4, 0.5) is 4.39 Å². The lowest BCUT2D eigenvalue weighted by atomic mass is 10.1. The highest BCUT2D eigenvalue weighted by Crippen LogP contribution is 2.19. The minimum Gasteiger partial charge on any atom is -0.248 e. The van der Waals surface area contributed by atoms with Crippen LogP contribution in [0.1, 0.15) is 21.0 Å². The van der Waals surface area contributed by atoms with Crippen LogP contribution in [0.25, 0.3) is 0 Å². The average Bonchev–Trinajstić information content (AvgIpc) is 3.03. The van der Waals surface area contributed by atoms with E-state index in [0.717, 1.165) is 10.4 Å². The van der Waals surface area contributed by atoms with Gasteiger partial charge in [-0.2, -0.15) is 0 Å². The van der Waals surface area contributed by atoms with Crippen LogP contribution < -0.4 is 4.72 Å². The highest BCUT2D eigenvalue weighted by atomic mass is 32.2. The van der Waals surface area contributed by atoms with Crippen LogP contribution in [-0.2, 0) is 23.0 Å². The Morgan fingerprint density at radius 3 is 2.56 bits per heavy atom. The van der Waals surface area contributed by atoms with Gasteiger partial charge in [-0.3, -0.25) is 0 Å². The van der Waals surface area contributed by atoms with Crippen LogP contribution in [0.2, 0.25) is 0 Å². The molecule has 0 radical (unpaired) electrons. The summed E-state index contributed by atoms with van der Waals surface area (Å²) in [7, 11) is -3.57. The number of hydrogen-bond acceptors (Lipinski definition) is 4. The number of benzene rings is 2. The molecule has 25 heavy (non-hydrogen) atoms. The Labute approximate surface area is 150 Å². The first-order valence-electron chi connectivity index (χ1n) is 7.67. The topological polar surface area (TPSA) is 59.1 Å². The van der Waals surface area contributed by atoms with Gasteiger partial charge in [0.15, 0.2) is 0 Å². The van der Waals surface area contributed by atoms with Gasteiger partial charge in [0.1, 0.15) is 10.8 Å². The molecular formula is C18H17FN2O2S2. The third-order valence-electron chi connectivity index (χ3n) is 3.69. The van der Waals surface area contributed by atoms with Gasteiger partial charge in [-0.1, -0.05) is 30.3 Å². The molecule has 1 aromatic heterocycles. The highest BCUT2D eigenvalue weighted by Gasteiger charge is 2.16. The molecular weight excluding hydrogens is 359 g/mol. The molecule has 0 saturated carbocycles. The second kappa shape index (κ2) is 7.43. The van der Waals surface area contributed by atoms with Crippen LogP contribution in [0.3, 0.4) is 0 Å². The zero-order chi connectivity index (χ0) is 17.9. The molecule has 1 heterocycles. The quantitative estimate of drug-likeness (QED) is 0.714. The number of sulfonamides is 1. The van der Waals surface area contributed by atoms with Gasteiger partial charge in [0.05, 0.1) is 11.4 Å². The van der Waals surface area contributed by atoms with Crippen LogP contribution in [-0.4, -0.2) is 13.4 Å². The van der Waals surface area contributed by atoms with Gasteiger partial charge in [-0.25, -0.2) is 22.5 Å². The largest absolute Gasteiger partial charge is 0.248 e. The van der Waals surface area contributed by atoms with Crippen molar-refractivity contribution in [1.82, 2.24) is 9.71 Å². The second-order valence-electron chi connectivity index (χ2n) is 5.61. The lowest BCUT2D eigenvalue weighted by Gasteiger charge is -2.07. The lowest BCUT2D eigenvalue weighted by Crippen LogP contribution is -2.23. The molecule has 1 N–H and O–H groups in total. The second-order valence-corrected chi connectivity index (χ2v) is 8.55. The summed E-state index contributed by atoms with van der Waals surface area (Å²) < 4.78 is 40.3. The summed E-state index contributed by atoms with van der Waals surface area (Å²) in [5.74, 6) is -0.264. The van der Waals surface area contributed by atoms with E-state index >= 15 is 0 Å². The van der Waals surface area contributed by atoms with E-state index < -0.39 is 10.0 Å². The van der Waals surface area contributed by atoms with E-state index in [0.29, 0.717) is 17.0 Å². The number of nitrogens with zero attached hydrogens (tertiary/aromatic N) is 1. The fourth-order valence-corrected chi connectivity index (χ4v) is 4.63. The molecule has 2 aromatic carbocycles. The third-order valence-corrected chi connectivity index (χ3v) is 6.25.